The molecule has 3 aromatic rings. The Morgan fingerprint density at radius 3 is 2.31 bits per heavy atom. The minimum absolute atomic E-state index is 0.242. The Labute approximate surface area is 213 Å². The Bertz CT molecular complexity index is 1420. The average molecular weight is 552 g/mol. The lowest BCUT2D eigenvalue weighted by molar-refractivity contribution is -0.122. The molecule has 3 heterocycles. The van der Waals surface area contributed by atoms with E-state index in [9.17, 15) is 18.8 Å². The zero-order valence-electron chi connectivity index (χ0n) is 18.1. The van der Waals surface area contributed by atoms with Crippen molar-refractivity contribution in [3.63, 3.8) is 0 Å². The lowest BCUT2D eigenvalue weighted by Gasteiger charge is -2.36. The van der Waals surface area contributed by atoms with Crippen molar-refractivity contribution in [2.75, 3.05) is 9.80 Å². The number of ketones is 1. The summed E-state index contributed by atoms with van der Waals surface area (Å²) in [6, 6.07) is 16.2. The third kappa shape index (κ3) is 3.37. The second-order valence-electron chi connectivity index (χ2n) is 8.82. The predicted molar refractivity (Wildman–Crippen MR) is 135 cm³/mol. The predicted octanol–water partition coefficient (Wildman–Crippen LogP) is 5.51. The number of carbonyl (C=O) groups is 3. The summed E-state index contributed by atoms with van der Waals surface area (Å²) in [5.74, 6) is -3.20. The van der Waals surface area contributed by atoms with Crippen LogP contribution >= 0.6 is 27.5 Å². The molecule has 0 saturated carbocycles. The van der Waals surface area contributed by atoms with Gasteiger partial charge in [0, 0.05) is 20.7 Å². The van der Waals surface area contributed by atoms with Crippen LogP contribution in [0.2, 0.25) is 5.02 Å². The molecule has 6 rings (SSSR count). The molecule has 0 N–H and O–H groups in total. The van der Waals surface area contributed by atoms with E-state index >= 15 is 0 Å². The number of nitrogens with zero attached hydrogens (tertiary/aromatic N) is 2. The van der Waals surface area contributed by atoms with Gasteiger partial charge in [-0.25, -0.2) is 9.29 Å². The van der Waals surface area contributed by atoms with Gasteiger partial charge in [0.15, 0.2) is 5.78 Å². The van der Waals surface area contributed by atoms with Gasteiger partial charge in [0.25, 0.3) is 0 Å². The smallest absolute Gasteiger partial charge is 0.240 e. The van der Waals surface area contributed by atoms with Gasteiger partial charge in [-0.15, -0.1) is 0 Å². The zero-order chi connectivity index (χ0) is 24.4. The number of hydrogen-bond acceptors (Lipinski definition) is 4. The van der Waals surface area contributed by atoms with Crippen LogP contribution < -0.4 is 9.80 Å². The molecular weight excluding hydrogens is 535 g/mol. The summed E-state index contributed by atoms with van der Waals surface area (Å²) in [6.45, 7) is 0. The summed E-state index contributed by atoms with van der Waals surface area (Å²) in [4.78, 5) is 44.4. The van der Waals surface area contributed by atoms with Gasteiger partial charge in [0.1, 0.15) is 11.9 Å². The Kier molecular flexibility index (Phi) is 5.16. The average Bonchev–Trinajstić information content (AvgIpc) is 3.32. The largest absolute Gasteiger partial charge is 0.352 e. The van der Waals surface area contributed by atoms with Gasteiger partial charge in [-0.05, 0) is 60.2 Å². The van der Waals surface area contributed by atoms with E-state index in [2.05, 4.69) is 15.9 Å². The van der Waals surface area contributed by atoms with Crippen molar-refractivity contribution in [3.8, 4) is 0 Å². The monoisotopic (exact) mass is 550 g/mol. The molecule has 2 amide bonds. The molecule has 2 fully saturated rings. The molecule has 3 aliphatic rings. The van der Waals surface area contributed by atoms with Gasteiger partial charge in [-0.2, -0.15) is 0 Å². The summed E-state index contributed by atoms with van der Waals surface area (Å²) in [6.07, 6.45) is 3.74. The van der Waals surface area contributed by atoms with E-state index in [0.29, 0.717) is 16.3 Å². The Balaban J connectivity index is 1.49. The van der Waals surface area contributed by atoms with Crippen LogP contribution in [0.15, 0.2) is 77.3 Å². The number of hydrogen-bond donors (Lipinski definition) is 0. The van der Waals surface area contributed by atoms with Crippen LogP contribution in [0.25, 0.3) is 6.08 Å². The van der Waals surface area contributed by atoms with Gasteiger partial charge < -0.3 is 4.90 Å². The molecule has 0 unspecified atom stereocenters. The molecular formula is C27H17BrClFN2O3. The van der Waals surface area contributed by atoms with E-state index in [1.54, 1.807) is 36.4 Å². The molecule has 3 aromatic carbocycles. The number of imide groups is 1. The highest BCUT2D eigenvalue weighted by Crippen LogP contribution is 2.50. The minimum atomic E-state index is -0.891. The lowest BCUT2D eigenvalue weighted by atomic mass is 9.86. The normalized spacial score (nSPS) is 24.4. The van der Waals surface area contributed by atoms with E-state index < -0.39 is 41.6 Å². The molecule has 0 spiro atoms. The molecule has 0 aromatic heterocycles. The van der Waals surface area contributed by atoms with Gasteiger partial charge in [0.05, 0.1) is 23.6 Å². The van der Waals surface area contributed by atoms with Crippen molar-refractivity contribution >= 4 is 62.6 Å². The first kappa shape index (κ1) is 22.2. The standard InChI is InChI=1S/C27H17BrClFN2O3/c28-16-4-1-14(2-5-16)25(33)24-23-22(21-11-3-15-13-17(29)6-12-20(15)32(21)24)26(34)31(27(23)35)19-9-7-18(30)8-10-19/h1-13,21-24H/t21-,22-,23-,24-/m1/s1. The van der Waals surface area contributed by atoms with Gasteiger partial charge in [0.2, 0.25) is 11.8 Å². The number of benzene rings is 3. The third-order valence-corrected chi connectivity index (χ3v) is 7.71. The molecule has 0 aliphatic carbocycles. The van der Waals surface area contributed by atoms with Gasteiger partial charge >= 0.3 is 0 Å². The Morgan fingerprint density at radius 1 is 0.914 bits per heavy atom. The third-order valence-electron chi connectivity index (χ3n) is 6.95. The Morgan fingerprint density at radius 2 is 1.60 bits per heavy atom. The fourth-order valence-corrected chi connectivity index (χ4v) is 5.92. The summed E-state index contributed by atoms with van der Waals surface area (Å²) in [7, 11) is 0. The highest BCUT2D eigenvalue weighted by atomic mass is 79.9. The second kappa shape index (κ2) is 8.14. The van der Waals surface area contributed by atoms with E-state index in [1.807, 2.05) is 23.1 Å². The Hall–Kier alpha value is -3.29. The fourth-order valence-electron chi connectivity index (χ4n) is 5.47. The van der Waals surface area contributed by atoms with E-state index in [1.165, 1.54) is 24.3 Å². The summed E-state index contributed by atoms with van der Waals surface area (Å²) in [5, 5.41) is 0.552. The first-order valence-corrected chi connectivity index (χ1v) is 12.2. The van der Waals surface area contributed by atoms with Crippen LogP contribution in [0.4, 0.5) is 15.8 Å². The van der Waals surface area contributed by atoms with Crippen molar-refractivity contribution in [1.29, 1.82) is 0 Å². The second-order valence-corrected chi connectivity index (χ2v) is 10.2. The number of fused-ring (bicyclic) bond motifs is 5. The van der Waals surface area contributed by atoms with Crippen molar-refractivity contribution < 1.29 is 18.8 Å². The highest BCUT2D eigenvalue weighted by molar-refractivity contribution is 9.10. The van der Waals surface area contributed by atoms with E-state index in [-0.39, 0.29) is 5.78 Å². The number of rotatable bonds is 3. The van der Waals surface area contributed by atoms with Crippen molar-refractivity contribution in [3.05, 3.63) is 99.2 Å². The number of Topliss-reactive ketones (excluding diaryl/α,β-unsaturated/α-hetero) is 1. The molecule has 35 heavy (non-hydrogen) atoms. The molecule has 0 radical (unpaired) electrons. The molecule has 4 atom stereocenters. The van der Waals surface area contributed by atoms with Crippen molar-refractivity contribution in [1.82, 2.24) is 0 Å². The van der Waals surface area contributed by atoms with Crippen LogP contribution in [-0.2, 0) is 9.59 Å². The van der Waals surface area contributed by atoms with Crippen LogP contribution in [0.5, 0.6) is 0 Å². The topological polar surface area (TPSA) is 57.7 Å². The molecule has 5 nitrogen and oxygen atoms in total. The van der Waals surface area contributed by atoms with Crippen LogP contribution in [-0.4, -0.2) is 29.7 Å². The van der Waals surface area contributed by atoms with E-state index in [0.717, 1.165) is 20.6 Å². The summed E-state index contributed by atoms with van der Waals surface area (Å²) >= 11 is 9.59. The van der Waals surface area contributed by atoms with Crippen LogP contribution in [0.3, 0.4) is 0 Å². The maximum absolute atomic E-state index is 13.9. The molecule has 174 valence electrons. The molecule has 2 saturated heterocycles. The maximum atomic E-state index is 13.9. The summed E-state index contributed by atoms with van der Waals surface area (Å²) < 4.78 is 14.3. The van der Waals surface area contributed by atoms with E-state index in [4.69, 9.17) is 11.6 Å². The van der Waals surface area contributed by atoms with Gasteiger partial charge in [-0.3, -0.25) is 14.4 Å². The first-order chi connectivity index (χ1) is 16.8. The van der Waals surface area contributed by atoms with Crippen LogP contribution in [0, 0.1) is 17.7 Å². The van der Waals surface area contributed by atoms with Crippen molar-refractivity contribution in [2.45, 2.75) is 12.1 Å². The minimum Gasteiger partial charge on any atom is -0.352 e. The van der Waals surface area contributed by atoms with Crippen molar-refractivity contribution in [2.24, 2.45) is 11.8 Å². The SMILES string of the molecule is O=C(c1ccc(Br)cc1)[C@H]1[C@@H]2C(=O)N(c3ccc(F)cc3)C(=O)[C@@H]2[C@H]2C=Cc3cc(Cl)ccc3N21. The maximum Gasteiger partial charge on any atom is 0.240 e. The first-order valence-electron chi connectivity index (χ1n) is 11.0. The zero-order valence-corrected chi connectivity index (χ0v) is 20.4. The number of anilines is 2. The lowest BCUT2D eigenvalue weighted by Crippen LogP contribution is -2.48. The fraction of sp³-hybridized carbons (Fsp3) is 0.148. The summed E-state index contributed by atoms with van der Waals surface area (Å²) in [5.41, 5.74) is 2.31. The van der Waals surface area contributed by atoms with Crippen LogP contribution in [0.1, 0.15) is 15.9 Å². The number of amides is 2. The number of halogens is 3. The molecule has 3 aliphatic heterocycles. The quantitative estimate of drug-likeness (QED) is 0.318. The molecule has 0 bridgehead atoms. The number of carbonyl (C=O) groups excluding carboxylic acids is 3. The molecule has 8 heteroatoms. The highest BCUT2D eigenvalue weighted by Gasteiger charge is 2.64. The van der Waals surface area contributed by atoms with Gasteiger partial charge in [-0.1, -0.05) is 51.8 Å².